The van der Waals surface area contributed by atoms with E-state index in [0.717, 1.165) is 36.0 Å². The second kappa shape index (κ2) is 12.1. The fraction of sp³-hybridized carbons (Fsp3) is 0.194. The average Bonchev–Trinajstić information content (AvgIpc) is 3.30. The quantitative estimate of drug-likeness (QED) is 0.120. The van der Waals surface area contributed by atoms with E-state index in [1.165, 1.54) is 27.6 Å². The van der Waals surface area contributed by atoms with E-state index < -0.39 is 10.1 Å². The Labute approximate surface area is 224 Å². The van der Waals surface area contributed by atoms with Gasteiger partial charge in [0.25, 0.3) is 10.1 Å². The lowest BCUT2D eigenvalue weighted by Crippen LogP contribution is -2.22. The Hall–Kier alpha value is -3.94. The normalized spacial score (nSPS) is 13.2. The lowest BCUT2D eigenvalue weighted by molar-refractivity contribution is 0.490. The molecule has 0 heterocycles. The van der Waals surface area contributed by atoms with Crippen molar-refractivity contribution in [3.05, 3.63) is 107 Å². The number of nitrogens with one attached hydrogen (secondary N) is 1. The minimum Gasteiger partial charge on any atom is -0.369 e. The summed E-state index contributed by atoms with van der Waals surface area (Å²) in [4.78, 5) is 4.73. The predicted molar refractivity (Wildman–Crippen MR) is 159 cm³/mol. The van der Waals surface area contributed by atoms with Crippen molar-refractivity contribution in [2.45, 2.75) is 32.1 Å². The van der Waals surface area contributed by atoms with Crippen LogP contribution in [-0.4, -0.2) is 25.2 Å². The maximum Gasteiger partial charge on any atom is 0.261 e. The Morgan fingerprint density at radius 3 is 2.34 bits per heavy atom. The topological polar surface area (TPSA) is 105 Å². The summed E-state index contributed by atoms with van der Waals surface area (Å²) < 4.78 is 25.9. The molecule has 0 radical (unpaired) electrons. The smallest absolute Gasteiger partial charge is 0.261 e. The Morgan fingerprint density at radius 1 is 0.947 bits per heavy atom. The molecular formula is C31H33N3O3S. The number of hydrogen-bond acceptors (Lipinski definition) is 3. The van der Waals surface area contributed by atoms with Crippen molar-refractivity contribution in [1.29, 1.82) is 0 Å². The van der Waals surface area contributed by atoms with Gasteiger partial charge in [-0.2, -0.15) is 8.42 Å². The molecule has 4 aromatic rings. The van der Waals surface area contributed by atoms with Crippen LogP contribution in [0.15, 0.2) is 89.9 Å². The minimum absolute atomic E-state index is 0.397. The van der Waals surface area contributed by atoms with Gasteiger partial charge in [0, 0.05) is 11.1 Å². The number of nitrogens with two attached hydrogens (primary N) is 1. The second-order valence-electron chi connectivity index (χ2n) is 9.43. The van der Waals surface area contributed by atoms with Crippen LogP contribution in [0, 0.1) is 0 Å². The van der Waals surface area contributed by atoms with Gasteiger partial charge in [0.1, 0.15) is 0 Å². The summed E-state index contributed by atoms with van der Waals surface area (Å²) in [6, 6.07) is 29.8. The van der Waals surface area contributed by atoms with E-state index in [0.29, 0.717) is 18.1 Å². The van der Waals surface area contributed by atoms with E-state index in [9.17, 15) is 8.42 Å². The van der Waals surface area contributed by atoms with Crippen molar-refractivity contribution in [3.8, 4) is 0 Å². The summed E-state index contributed by atoms with van der Waals surface area (Å²) in [5.74, 6) is 0.871. The van der Waals surface area contributed by atoms with Crippen LogP contribution >= 0.6 is 0 Å². The number of guanidine groups is 1. The molecule has 0 spiro atoms. The van der Waals surface area contributed by atoms with Gasteiger partial charge in [0.05, 0.1) is 11.9 Å². The lowest BCUT2D eigenvalue weighted by atomic mass is 9.88. The SMILES string of the molecule is CCCC(Cc1ccccc1)c1cccc(NC(N)=Nc2ccc3c4c(cccc24)C=C3)c1.CS(=O)(=O)O. The highest BCUT2D eigenvalue weighted by molar-refractivity contribution is 7.85. The van der Waals surface area contributed by atoms with Crippen LogP contribution in [0.5, 0.6) is 0 Å². The molecule has 0 fully saturated rings. The average molecular weight is 528 g/mol. The zero-order valence-electron chi connectivity index (χ0n) is 21.6. The molecule has 38 heavy (non-hydrogen) atoms. The number of aliphatic imine (C=N–C) groups is 1. The molecule has 1 unspecified atom stereocenters. The van der Waals surface area contributed by atoms with E-state index in [1.54, 1.807) is 0 Å². The van der Waals surface area contributed by atoms with Crippen molar-refractivity contribution < 1.29 is 13.0 Å². The third-order valence-corrected chi connectivity index (χ3v) is 6.36. The molecule has 6 nitrogen and oxygen atoms in total. The fourth-order valence-electron chi connectivity index (χ4n) is 4.81. The van der Waals surface area contributed by atoms with E-state index in [4.69, 9.17) is 15.3 Å². The molecule has 1 atom stereocenters. The van der Waals surface area contributed by atoms with Gasteiger partial charge in [-0.25, -0.2) is 4.99 Å². The second-order valence-corrected chi connectivity index (χ2v) is 10.9. The highest BCUT2D eigenvalue weighted by atomic mass is 32.2. The molecule has 0 aliphatic heterocycles. The van der Waals surface area contributed by atoms with Crippen molar-refractivity contribution in [1.82, 2.24) is 0 Å². The van der Waals surface area contributed by atoms with Crippen LogP contribution < -0.4 is 11.1 Å². The number of nitrogens with zero attached hydrogens (tertiary/aromatic N) is 1. The first-order chi connectivity index (χ1) is 18.2. The number of hydrogen-bond donors (Lipinski definition) is 3. The molecule has 4 aromatic carbocycles. The van der Waals surface area contributed by atoms with Gasteiger partial charge < -0.3 is 11.1 Å². The Balaban J connectivity index is 0.000000617. The Kier molecular flexibility index (Phi) is 8.61. The maximum absolute atomic E-state index is 9.19. The molecule has 1 aliphatic rings. The first-order valence-corrected chi connectivity index (χ1v) is 14.5. The molecule has 5 rings (SSSR count). The maximum atomic E-state index is 9.19. The van der Waals surface area contributed by atoms with Crippen LogP contribution in [0.2, 0.25) is 0 Å². The number of benzene rings is 4. The van der Waals surface area contributed by atoms with Crippen molar-refractivity contribution in [2.24, 2.45) is 10.7 Å². The van der Waals surface area contributed by atoms with Gasteiger partial charge in [-0.15, -0.1) is 0 Å². The predicted octanol–water partition coefficient (Wildman–Crippen LogP) is 7.01. The molecule has 196 valence electrons. The largest absolute Gasteiger partial charge is 0.369 e. The number of anilines is 1. The molecule has 1 aliphatic carbocycles. The Morgan fingerprint density at radius 2 is 1.63 bits per heavy atom. The number of rotatable bonds is 7. The van der Waals surface area contributed by atoms with Crippen LogP contribution in [-0.2, 0) is 16.5 Å². The van der Waals surface area contributed by atoms with E-state index >= 15 is 0 Å². The zero-order chi connectivity index (χ0) is 27.1. The molecule has 4 N–H and O–H groups in total. The third-order valence-electron chi connectivity index (χ3n) is 6.36. The summed E-state index contributed by atoms with van der Waals surface area (Å²) in [6.45, 7) is 2.25. The first-order valence-electron chi connectivity index (χ1n) is 12.6. The summed E-state index contributed by atoms with van der Waals surface area (Å²) in [6.07, 6.45) is 8.36. The third kappa shape index (κ3) is 7.31. The van der Waals surface area contributed by atoms with Gasteiger partial charge in [0.2, 0.25) is 0 Å². The molecule has 0 bridgehead atoms. The van der Waals surface area contributed by atoms with Crippen LogP contribution in [0.1, 0.15) is 47.9 Å². The first kappa shape index (κ1) is 27.1. The minimum atomic E-state index is -3.67. The van der Waals surface area contributed by atoms with Gasteiger partial charge in [-0.1, -0.05) is 92.2 Å². The summed E-state index contributed by atoms with van der Waals surface area (Å²) in [5, 5.41) is 5.68. The van der Waals surface area contributed by atoms with Crippen LogP contribution in [0.3, 0.4) is 0 Å². The van der Waals surface area contributed by atoms with Crippen molar-refractivity contribution in [3.63, 3.8) is 0 Å². The molecule has 0 aromatic heterocycles. The van der Waals surface area contributed by atoms with Crippen LogP contribution in [0.4, 0.5) is 11.4 Å². The van der Waals surface area contributed by atoms with Gasteiger partial charge in [0.15, 0.2) is 5.96 Å². The lowest BCUT2D eigenvalue weighted by Gasteiger charge is -2.18. The van der Waals surface area contributed by atoms with Gasteiger partial charge in [-0.3, -0.25) is 4.55 Å². The van der Waals surface area contributed by atoms with Crippen LogP contribution in [0.25, 0.3) is 22.9 Å². The molecule has 0 saturated heterocycles. The summed E-state index contributed by atoms with van der Waals surface area (Å²) >= 11 is 0. The Bertz CT molecular complexity index is 1560. The van der Waals surface area contributed by atoms with Gasteiger partial charge >= 0.3 is 0 Å². The molecule has 0 saturated carbocycles. The zero-order valence-corrected chi connectivity index (χ0v) is 22.4. The van der Waals surface area contributed by atoms with Crippen molar-refractivity contribution >= 4 is 50.4 Å². The molecule has 0 amide bonds. The van der Waals surface area contributed by atoms with Crippen molar-refractivity contribution in [2.75, 3.05) is 11.6 Å². The summed E-state index contributed by atoms with van der Waals surface area (Å²) in [5.41, 5.74) is 13.4. The van der Waals surface area contributed by atoms with E-state index in [1.807, 2.05) is 6.07 Å². The molecule has 7 heteroatoms. The summed E-state index contributed by atoms with van der Waals surface area (Å²) in [7, 11) is -3.67. The van der Waals surface area contributed by atoms with E-state index in [2.05, 4.69) is 103 Å². The monoisotopic (exact) mass is 527 g/mol. The highest BCUT2D eigenvalue weighted by Gasteiger charge is 2.14. The standard InChI is InChI=1S/C30H29N3.CH4O3S/c1-2-8-24(19-21-9-4-3-5-10-21)25-12-6-13-26(20-25)32-30(31)33-28-18-17-23-16-15-22-11-7-14-27(28)29(22)23;1-5(2,3)4/h3-7,9-18,20,24H,2,8,19H2,1H3,(H3,31,32,33);1H3,(H,2,3,4). The highest BCUT2D eigenvalue weighted by Crippen LogP contribution is 2.36. The molecular weight excluding hydrogens is 494 g/mol. The van der Waals surface area contributed by atoms with E-state index in [-0.39, 0.29) is 0 Å². The fourth-order valence-corrected chi connectivity index (χ4v) is 4.81. The van der Waals surface area contributed by atoms with Gasteiger partial charge in [-0.05, 0) is 64.6 Å².